The summed E-state index contributed by atoms with van der Waals surface area (Å²) < 4.78 is 0. The summed E-state index contributed by atoms with van der Waals surface area (Å²) in [5.74, 6) is 0.326. The summed E-state index contributed by atoms with van der Waals surface area (Å²) in [4.78, 5) is 12.0. The molecular weight excluding hydrogens is 260 g/mol. The number of nitrogens with two attached hydrogens (primary N) is 1. The monoisotopic (exact) mass is 282 g/mol. The first-order valence-corrected chi connectivity index (χ1v) is 7.13. The van der Waals surface area contributed by atoms with Gasteiger partial charge < -0.3 is 11.1 Å². The summed E-state index contributed by atoms with van der Waals surface area (Å²) in [6, 6.07) is 7.08. The molecule has 1 aromatic rings. The van der Waals surface area contributed by atoms with Gasteiger partial charge in [-0.2, -0.15) is 0 Å². The van der Waals surface area contributed by atoms with Crippen molar-refractivity contribution in [2.45, 2.75) is 45.7 Å². The van der Waals surface area contributed by atoms with Crippen LogP contribution in [0.5, 0.6) is 0 Å². The number of halogens is 1. The maximum Gasteiger partial charge on any atom is 0.237 e. The van der Waals surface area contributed by atoms with Crippen LogP contribution in [0.2, 0.25) is 5.02 Å². The van der Waals surface area contributed by atoms with Crippen molar-refractivity contribution in [2.75, 3.05) is 0 Å². The smallest absolute Gasteiger partial charge is 0.237 e. The van der Waals surface area contributed by atoms with Crippen LogP contribution in [0.3, 0.4) is 0 Å². The van der Waals surface area contributed by atoms with E-state index in [0.717, 1.165) is 12.0 Å². The van der Waals surface area contributed by atoms with E-state index in [-0.39, 0.29) is 11.9 Å². The van der Waals surface area contributed by atoms with Gasteiger partial charge in [-0.3, -0.25) is 4.79 Å². The number of carbonyl (C=O) groups is 1. The van der Waals surface area contributed by atoms with Crippen molar-refractivity contribution < 1.29 is 4.79 Å². The molecule has 0 bridgehead atoms. The molecule has 4 heteroatoms. The molecule has 1 aromatic carbocycles. The van der Waals surface area contributed by atoms with E-state index in [1.165, 1.54) is 0 Å². The van der Waals surface area contributed by atoms with Gasteiger partial charge in [0.25, 0.3) is 0 Å². The highest BCUT2D eigenvalue weighted by atomic mass is 35.5. The quantitative estimate of drug-likeness (QED) is 0.841. The molecule has 0 spiro atoms. The van der Waals surface area contributed by atoms with Crippen molar-refractivity contribution in [1.29, 1.82) is 0 Å². The second kappa shape index (κ2) is 7.51. The maximum absolute atomic E-state index is 12.0. The number of hydrogen-bond acceptors (Lipinski definition) is 2. The lowest BCUT2D eigenvalue weighted by molar-refractivity contribution is -0.123. The average Bonchev–Trinajstić information content (AvgIpc) is 2.36. The molecule has 0 aliphatic carbocycles. The minimum absolute atomic E-state index is 0.0111. The highest BCUT2D eigenvalue weighted by molar-refractivity contribution is 6.30. The van der Waals surface area contributed by atoms with Crippen LogP contribution < -0.4 is 11.1 Å². The lowest BCUT2D eigenvalue weighted by atomic mass is 10.0. The number of benzene rings is 1. The predicted octanol–water partition coefficient (Wildman–Crippen LogP) is 3.28. The Morgan fingerprint density at radius 3 is 2.37 bits per heavy atom. The van der Waals surface area contributed by atoms with Crippen molar-refractivity contribution >= 4 is 17.5 Å². The van der Waals surface area contributed by atoms with E-state index in [2.05, 4.69) is 19.2 Å². The Bertz CT molecular complexity index is 403. The van der Waals surface area contributed by atoms with Gasteiger partial charge in [-0.1, -0.05) is 44.5 Å². The molecular formula is C15H23ClN2O. The summed E-state index contributed by atoms with van der Waals surface area (Å²) in [5, 5.41) is 3.70. The van der Waals surface area contributed by atoms with E-state index < -0.39 is 6.04 Å². The van der Waals surface area contributed by atoms with E-state index in [9.17, 15) is 4.79 Å². The largest absolute Gasteiger partial charge is 0.348 e. The van der Waals surface area contributed by atoms with Gasteiger partial charge in [-0.05, 0) is 36.5 Å². The predicted molar refractivity (Wildman–Crippen MR) is 80.1 cm³/mol. The van der Waals surface area contributed by atoms with Crippen molar-refractivity contribution in [3.8, 4) is 0 Å². The highest BCUT2D eigenvalue weighted by Gasteiger charge is 2.19. The van der Waals surface area contributed by atoms with Gasteiger partial charge in [-0.15, -0.1) is 0 Å². The minimum Gasteiger partial charge on any atom is -0.348 e. The lowest BCUT2D eigenvalue weighted by Gasteiger charge is -2.21. The standard InChI is InChI=1S/C15H23ClN2O/c1-4-14(11-5-7-12(16)8-6-11)18-15(19)13(17)9-10(2)3/h5-8,10,13-14H,4,9,17H2,1-3H3,(H,18,19)/t13-,14?/m0/s1. The summed E-state index contributed by atoms with van der Waals surface area (Å²) in [5.41, 5.74) is 6.94. The Labute approximate surface area is 120 Å². The third kappa shape index (κ3) is 5.21. The van der Waals surface area contributed by atoms with Gasteiger partial charge >= 0.3 is 0 Å². The normalized spacial score (nSPS) is 14.2. The van der Waals surface area contributed by atoms with E-state index >= 15 is 0 Å². The molecule has 1 amide bonds. The zero-order valence-corrected chi connectivity index (χ0v) is 12.6. The van der Waals surface area contributed by atoms with Crippen molar-refractivity contribution in [2.24, 2.45) is 11.7 Å². The fourth-order valence-electron chi connectivity index (χ4n) is 2.01. The van der Waals surface area contributed by atoms with Crippen LogP contribution in [0.1, 0.15) is 45.2 Å². The van der Waals surface area contributed by atoms with Crippen molar-refractivity contribution in [3.05, 3.63) is 34.9 Å². The average molecular weight is 283 g/mol. The molecule has 0 aliphatic heterocycles. The number of amides is 1. The second-order valence-electron chi connectivity index (χ2n) is 5.26. The van der Waals surface area contributed by atoms with Gasteiger partial charge in [-0.25, -0.2) is 0 Å². The zero-order chi connectivity index (χ0) is 14.4. The molecule has 0 heterocycles. The molecule has 19 heavy (non-hydrogen) atoms. The summed E-state index contributed by atoms with van der Waals surface area (Å²) in [7, 11) is 0. The molecule has 3 nitrogen and oxygen atoms in total. The zero-order valence-electron chi connectivity index (χ0n) is 11.8. The molecule has 0 aromatic heterocycles. The van der Waals surface area contributed by atoms with Crippen LogP contribution in [-0.2, 0) is 4.79 Å². The van der Waals surface area contributed by atoms with E-state index in [0.29, 0.717) is 17.4 Å². The van der Waals surface area contributed by atoms with Crippen LogP contribution >= 0.6 is 11.6 Å². The number of rotatable bonds is 6. The third-order valence-corrected chi connectivity index (χ3v) is 3.31. The Hall–Kier alpha value is -1.06. The van der Waals surface area contributed by atoms with Crippen LogP contribution in [0.15, 0.2) is 24.3 Å². The van der Waals surface area contributed by atoms with Crippen LogP contribution in [0, 0.1) is 5.92 Å². The number of carbonyl (C=O) groups excluding carboxylic acids is 1. The Kier molecular flexibility index (Phi) is 6.32. The Morgan fingerprint density at radius 2 is 1.89 bits per heavy atom. The SMILES string of the molecule is CCC(NC(=O)[C@@H](N)CC(C)C)c1ccc(Cl)cc1. The Balaban J connectivity index is 2.66. The molecule has 1 unspecified atom stereocenters. The summed E-state index contributed by atoms with van der Waals surface area (Å²) in [6.07, 6.45) is 1.52. The fourth-order valence-corrected chi connectivity index (χ4v) is 2.14. The second-order valence-corrected chi connectivity index (χ2v) is 5.69. The topological polar surface area (TPSA) is 55.1 Å². The first kappa shape index (κ1) is 16.0. The first-order chi connectivity index (χ1) is 8.93. The molecule has 3 N–H and O–H groups in total. The lowest BCUT2D eigenvalue weighted by Crippen LogP contribution is -2.42. The number of hydrogen-bond donors (Lipinski definition) is 2. The molecule has 1 rings (SSSR count). The van der Waals surface area contributed by atoms with Crippen LogP contribution in [0.4, 0.5) is 0 Å². The molecule has 2 atom stereocenters. The van der Waals surface area contributed by atoms with Crippen LogP contribution in [-0.4, -0.2) is 11.9 Å². The third-order valence-electron chi connectivity index (χ3n) is 3.06. The maximum atomic E-state index is 12.0. The van der Waals surface area contributed by atoms with Gasteiger partial charge in [0.15, 0.2) is 0 Å². The molecule has 0 saturated heterocycles. The van der Waals surface area contributed by atoms with Crippen LogP contribution in [0.25, 0.3) is 0 Å². The molecule has 0 aliphatic rings. The van der Waals surface area contributed by atoms with E-state index in [1.54, 1.807) is 0 Å². The van der Waals surface area contributed by atoms with Gasteiger partial charge in [0.2, 0.25) is 5.91 Å². The molecule has 0 radical (unpaired) electrons. The Morgan fingerprint density at radius 1 is 1.32 bits per heavy atom. The van der Waals surface area contributed by atoms with Gasteiger partial charge in [0, 0.05) is 5.02 Å². The number of nitrogens with one attached hydrogen (secondary N) is 1. The minimum atomic E-state index is -0.443. The summed E-state index contributed by atoms with van der Waals surface area (Å²) >= 11 is 5.87. The first-order valence-electron chi connectivity index (χ1n) is 6.75. The van der Waals surface area contributed by atoms with Crippen molar-refractivity contribution in [3.63, 3.8) is 0 Å². The molecule has 106 valence electrons. The van der Waals surface area contributed by atoms with E-state index in [4.69, 9.17) is 17.3 Å². The summed E-state index contributed by atoms with van der Waals surface area (Å²) in [6.45, 7) is 6.15. The van der Waals surface area contributed by atoms with Gasteiger partial charge in [0.1, 0.15) is 0 Å². The fraction of sp³-hybridized carbons (Fsp3) is 0.533. The molecule has 0 saturated carbocycles. The van der Waals surface area contributed by atoms with E-state index in [1.807, 2.05) is 31.2 Å². The highest BCUT2D eigenvalue weighted by Crippen LogP contribution is 2.19. The van der Waals surface area contributed by atoms with Crippen molar-refractivity contribution in [1.82, 2.24) is 5.32 Å². The molecule has 0 fully saturated rings. The van der Waals surface area contributed by atoms with Gasteiger partial charge in [0.05, 0.1) is 12.1 Å².